The Morgan fingerprint density at radius 3 is 2.24 bits per heavy atom. The maximum absolute atomic E-state index is 11.4. The van der Waals surface area contributed by atoms with Crippen LogP contribution in [0.1, 0.15) is 25.7 Å². The summed E-state index contributed by atoms with van der Waals surface area (Å²) in [7, 11) is 1.56. The molecule has 3 heterocycles. The maximum Gasteiger partial charge on any atom is 0.231 e. The second kappa shape index (κ2) is 11.5. The van der Waals surface area contributed by atoms with Crippen molar-refractivity contribution < 1.29 is 43.7 Å². The van der Waals surface area contributed by atoms with Crippen molar-refractivity contribution in [1.29, 1.82) is 0 Å². The molecule has 0 amide bonds. The van der Waals surface area contributed by atoms with Gasteiger partial charge in [-0.25, -0.2) is 0 Å². The van der Waals surface area contributed by atoms with Crippen molar-refractivity contribution in [3.63, 3.8) is 0 Å². The van der Waals surface area contributed by atoms with Crippen LogP contribution < -0.4 is 9.47 Å². The molecule has 3 fully saturated rings. The summed E-state index contributed by atoms with van der Waals surface area (Å²) in [6.07, 6.45) is -1.28. The van der Waals surface area contributed by atoms with Crippen molar-refractivity contribution in [2.24, 2.45) is 0 Å². The highest BCUT2D eigenvalue weighted by molar-refractivity contribution is 5.58. The zero-order valence-electron chi connectivity index (χ0n) is 19.1. The molecule has 3 saturated heterocycles. The number of hydrogen-bond donors (Lipinski definition) is 2. The summed E-state index contributed by atoms with van der Waals surface area (Å²) in [5, 5.41) is 24.8. The van der Waals surface area contributed by atoms with Gasteiger partial charge in [0.25, 0.3) is 0 Å². The largest absolute Gasteiger partial charge is 0.497 e. The van der Waals surface area contributed by atoms with Gasteiger partial charge >= 0.3 is 0 Å². The first kappa shape index (κ1) is 25.0. The van der Waals surface area contributed by atoms with Crippen molar-refractivity contribution >= 4 is 12.6 Å². The molecule has 2 N–H and O–H groups in total. The van der Waals surface area contributed by atoms with E-state index in [1.165, 1.54) is 5.06 Å². The lowest BCUT2D eigenvalue weighted by molar-refractivity contribution is -0.344. The topological polar surface area (TPSA) is 127 Å². The highest BCUT2D eigenvalue weighted by atomic mass is 16.8. The standard InChI is InChI=1S/C23H32N2O9/c1-30-17-6-8-18(9-7-17)32-23-22(34-25-11-3-5-16(25)13-27)21(29)20(28)19(33-23)14-31-24-10-2-4-15(24)12-26/h6-9,12-13,15-16,19-23,28-29H,2-5,10-11,14H2,1H3/t15-,16-,19?,20+,21?,22?,23+/m0/s1. The summed E-state index contributed by atoms with van der Waals surface area (Å²) in [6.45, 7) is 1.01. The predicted molar refractivity (Wildman–Crippen MR) is 117 cm³/mol. The van der Waals surface area contributed by atoms with E-state index >= 15 is 0 Å². The van der Waals surface area contributed by atoms with Crippen molar-refractivity contribution in [2.45, 2.75) is 68.5 Å². The molecule has 7 atom stereocenters. The van der Waals surface area contributed by atoms with Gasteiger partial charge < -0.3 is 34.0 Å². The Labute approximate surface area is 198 Å². The lowest BCUT2D eigenvalue weighted by Crippen LogP contribution is -2.62. The summed E-state index contributed by atoms with van der Waals surface area (Å²) in [5.41, 5.74) is 0. The smallest absolute Gasteiger partial charge is 0.231 e. The quantitative estimate of drug-likeness (QED) is 0.442. The molecule has 0 aliphatic carbocycles. The summed E-state index contributed by atoms with van der Waals surface area (Å²) >= 11 is 0. The number of carbonyl (C=O) groups excluding carboxylic acids is 2. The number of aldehydes is 2. The van der Waals surface area contributed by atoms with Crippen molar-refractivity contribution in [3.05, 3.63) is 24.3 Å². The third-order valence-corrected chi connectivity index (χ3v) is 6.43. The third kappa shape index (κ3) is 5.57. The molecular formula is C23H32N2O9. The Morgan fingerprint density at radius 2 is 1.59 bits per heavy atom. The van der Waals surface area contributed by atoms with E-state index in [-0.39, 0.29) is 12.6 Å². The number of aliphatic hydroxyl groups excluding tert-OH is 2. The van der Waals surface area contributed by atoms with E-state index < -0.39 is 36.7 Å². The van der Waals surface area contributed by atoms with Crippen molar-refractivity contribution in [2.75, 3.05) is 26.8 Å². The molecular weight excluding hydrogens is 448 g/mol. The number of carbonyl (C=O) groups is 2. The first-order valence-corrected chi connectivity index (χ1v) is 11.6. The first-order chi connectivity index (χ1) is 16.5. The molecule has 0 radical (unpaired) electrons. The second-order valence-corrected chi connectivity index (χ2v) is 8.66. The van der Waals surface area contributed by atoms with Gasteiger partial charge in [-0.15, -0.1) is 0 Å². The normalized spacial score (nSPS) is 34.7. The van der Waals surface area contributed by atoms with E-state index in [9.17, 15) is 19.8 Å². The highest BCUT2D eigenvalue weighted by Crippen LogP contribution is 2.30. The number of hydroxylamine groups is 4. The molecule has 4 rings (SSSR count). The Hall–Kier alpha value is -2.12. The van der Waals surface area contributed by atoms with Crippen LogP contribution in [0, 0.1) is 0 Å². The molecule has 3 unspecified atom stereocenters. The van der Waals surface area contributed by atoms with Crippen LogP contribution in [0.3, 0.4) is 0 Å². The summed E-state index contributed by atoms with van der Waals surface area (Å²) in [4.78, 5) is 34.3. The monoisotopic (exact) mass is 480 g/mol. The molecule has 1 aromatic rings. The van der Waals surface area contributed by atoms with E-state index in [2.05, 4.69) is 0 Å². The van der Waals surface area contributed by atoms with Gasteiger partial charge in [0, 0.05) is 13.1 Å². The van der Waals surface area contributed by atoms with E-state index in [1.54, 1.807) is 36.4 Å². The SMILES string of the molecule is COc1ccc(O[C@@H]2OC(CON3CCC[C@H]3C=O)[C@@H](O)C(O)C2ON2CCC[C@H]2C=O)cc1. The van der Waals surface area contributed by atoms with Crippen LogP contribution in [0.2, 0.25) is 0 Å². The number of nitrogens with zero attached hydrogens (tertiary/aromatic N) is 2. The zero-order valence-corrected chi connectivity index (χ0v) is 19.1. The van der Waals surface area contributed by atoms with Crippen LogP contribution in [-0.4, -0.2) is 103 Å². The minimum Gasteiger partial charge on any atom is -0.497 e. The molecule has 3 aliphatic heterocycles. The van der Waals surface area contributed by atoms with Gasteiger partial charge in [0.15, 0.2) is 6.10 Å². The van der Waals surface area contributed by atoms with E-state index in [0.29, 0.717) is 37.4 Å². The maximum atomic E-state index is 11.4. The van der Waals surface area contributed by atoms with Crippen LogP contribution in [-0.2, 0) is 24.0 Å². The number of benzene rings is 1. The number of ether oxygens (including phenoxy) is 3. The van der Waals surface area contributed by atoms with Crippen molar-refractivity contribution in [3.8, 4) is 11.5 Å². The van der Waals surface area contributed by atoms with Crippen LogP contribution >= 0.6 is 0 Å². The fraction of sp³-hybridized carbons (Fsp3) is 0.652. The lowest BCUT2D eigenvalue weighted by Gasteiger charge is -2.43. The Balaban J connectivity index is 1.48. The Morgan fingerprint density at radius 1 is 0.971 bits per heavy atom. The van der Waals surface area contributed by atoms with Gasteiger partial charge in [0.1, 0.15) is 42.4 Å². The molecule has 11 nitrogen and oxygen atoms in total. The van der Waals surface area contributed by atoms with E-state index in [4.69, 9.17) is 23.9 Å². The summed E-state index contributed by atoms with van der Waals surface area (Å²) < 4.78 is 17.2. The van der Waals surface area contributed by atoms with Gasteiger partial charge in [-0.2, -0.15) is 10.1 Å². The third-order valence-electron chi connectivity index (χ3n) is 6.43. The Bertz CT molecular complexity index is 808. The number of rotatable bonds is 10. The molecule has 11 heteroatoms. The predicted octanol–water partition coefficient (Wildman–Crippen LogP) is 0.0791. The summed E-state index contributed by atoms with van der Waals surface area (Å²) in [5.74, 6) is 1.09. The van der Waals surface area contributed by atoms with Gasteiger partial charge in [0.05, 0.1) is 25.8 Å². The van der Waals surface area contributed by atoms with Gasteiger partial charge in [-0.3, -0.25) is 9.68 Å². The second-order valence-electron chi connectivity index (χ2n) is 8.66. The number of aliphatic hydroxyl groups is 2. The lowest BCUT2D eigenvalue weighted by atomic mass is 9.99. The molecule has 1 aromatic carbocycles. The highest BCUT2D eigenvalue weighted by Gasteiger charge is 2.49. The molecule has 188 valence electrons. The minimum absolute atomic E-state index is 0.0849. The van der Waals surface area contributed by atoms with Crippen LogP contribution in [0.15, 0.2) is 24.3 Å². The van der Waals surface area contributed by atoms with Crippen LogP contribution in [0.25, 0.3) is 0 Å². The fourth-order valence-corrected chi connectivity index (χ4v) is 4.46. The number of methoxy groups -OCH3 is 1. The molecule has 0 spiro atoms. The molecule has 0 saturated carbocycles. The van der Waals surface area contributed by atoms with Gasteiger partial charge in [-0.1, -0.05) is 0 Å². The van der Waals surface area contributed by atoms with Gasteiger partial charge in [-0.05, 0) is 49.9 Å². The van der Waals surface area contributed by atoms with Crippen molar-refractivity contribution in [1.82, 2.24) is 10.1 Å². The average molecular weight is 481 g/mol. The molecule has 3 aliphatic rings. The number of hydrogen-bond acceptors (Lipinski definition) is 11. The fourth-order valence-electron chi connectivity index (χ4n) is 4.46. The summed E-state index contributed by atoms with van der Waals surface area (Å²) in [6, 6.07) is 6.02. The molecule has 34 heavy (non-hydrogen) atoms. The van der Waals surface area contributed by atoms with E-state index in [0.717, 1.165) is 25.4 Å². The zero-order chi connectivity index (χ0) is 24.1. The van der Waals surface area contributed by atoms with Crippen LogP contribution in [0.5, 0.6) is 11.5 Å². The Kier molecular flexibility index (Phi) is 8.48. The molecule has 0 aromatic heterocycles. The average Bonchev–Trinajstić information content (AvgIpc) is 3.51. The van der Waals surface area contributed by atoms with Gasteiger partial charge in [0.2, 0.25) is 6.29 Å². The molecule has 0 bridgehead atoms. The first-order valence-electron chi connectivity index (χ1n) is 11.6. The van der Waals surface area contributed by atoms with Crippen LogP contribution in [0.4, 0.5) is 0 Å². The van der Waals surface area contributed by atoms with E-state index in [1.807, 2.05) is 0 Å². The minimum atomic E-state index is -1.38.